The summed E-state index contributed by atoms with van der Waals surface area (Å²) in [4.78, 5) is 13.2. The second-order valence-corrected chi connectivity index (χ2v) is 3.68. The number of pyridine rings is 1. The summed E-state index contributed by atoms with van der Waals surface area (Å²) in [6, 6.07) is 0.910. The first-order valence-electron chi connectivity index (χ1n) is 5.21. The number of nitrogens with zero attached hydrogens (tertiary/aromatic N) is 2. The molecule has 1 atom stereocenters. The molecule has 0 amide bonds. The topological polar surface area (TPSA) is 74.5 Å². The Morgan fingerprint density at radius 2 is 2.53 bits per heavy atom. The van der Waals surface area contributed by atoms with E-state index in [4.69, 9.17) is 9.47 Å². The summed E-state index contributed by atoms with van der Waals surface area (Å²) in [6.07, 6.45) is 2.56. The summed E-state index contributed by atoms with van der Waals surface area (Å²) in [5.41, 5.74) is -0.343. The molecule has 0 saturated carbocycles. The fourth-order valence-electron chi connectivity index (χ4n) is 1.62. The Bertz CT molecular complexity index is 421. The van der Waals surface area contributed by atoms with Crippen molar-refractivity contribution in [3.63, 3.8) is 0 Å². The van der Waals surface area contributed by atoms with E-state index in [0.29, 0.717) is 6.61 Å². The van der Waals surface area contributed by atoms with E-state index in [1.54, 1.807) is 0 Å². The number of nitro groups is 1. The second-order valence-electron chi connectivity index (χ2n) is 3.68. The Balaban J connectivity index is 2.07. The molecule has 0 N–H and O–H groups in total. The Hall–Kier alpha value is -1.76. The third-order valence-electron chi connectivity index (χ3n) is 2.46. The molecule has 1 saturated heterocycles. The average Bonchev–Trinajstić information content (AvgIpc) is 2.78. The van der Waals surface area contributed by atoms with Gasteiger partial charge in [0.1, 0.15) is 12.8 Å². The summed E-state index contributed by atoms with van der Waals surface area (Å²) >= 11 is 0. The normalized spacial score (nSPS) is 19.2. The highest BCUT2D eigenvalue weighted by Gasteiger charge is 2.21. The van der Waals surface area contributed by atoms with Crippen molar-refractivity contribution < 1.29 is 18.8 Å². The number of ether oxygens (including phenoxy) is 2. The van der Waals surface area contributed by atoms with Crippen LogP contribution in [0, 0.1) is 16.1 Å². The molecule has 0 spiro atoms. The first kappa shape index (κ1) is 11.7. The third-order valence-corrected chi connectivity index (χ3v) is 2.46. The number of rotatable bonds is 4. The molecule has 1 aromatic rings. The van der Waals surface area contributed by atoms with Crippen LogP contribution in [0.15, 0.2) is 12.3 Å². The van der Waals surface area contributed by atoms with Crippen molar-refractivity contribution in [1.82, 2.24) is 4.98 Å². The van der Waals surface area contributed by atoms with Crippen LogP contribution in [0.25, 0.3) is 0 Å². The fourth-order valence-corrected chi connectivity index (χ4v) is 1.62. The molecule has 1 aromatic heterocycles. The van der Waals surface area contributed by atoms with Gasteiger partial charge in [-0.3, -0.25) is 10.1 Å². The number of hydrogen-bond donors (Lipinski definition) is 0. The van der Waals surface area contributed by atoms with Gasteiger partial charge in [-0.25, -0.2) is 4.98 Å². The molecule has 0 aliphatic carbocycles. The van der Waals surface area contributed by atoms with Crippen molar-refractivity contribution in [3.8, 4) is 5.75 Å². The maximum absolute atomic E-state index is 12.9. The first-order chi connectivity index (χ1) is 8.16. The molecule has 1 aliphatic heterocycles. The fraction of sp³-hybridized carbons (Fsp3) is 0.500. The van der Waals surface area contributed by atoms with Crippen molar-refractivity contribution in [2.75, 3.05) is 13.2 Å². The minimum Gasteiger partial charge on any atom is -0.484 e. The van der Waals surface area contributed by atoms with E-state index in [1.165, 1.54) is 0 Å². The van der Waals surface area contributed by atoms with Crippen LogP contribution in [-0.4, -0.2) is 29.2 Å². The zero-order valence-corrected chi connectivity index (χ0v) is 8.97. The van der Waals surface area contributed by atoms with Crippen LogP contribution in [-0.2, 0) is 4.74 Å². The van der Waals surface area contributed by atoms with Crippen molar-refractivity contribution >= 4 is 5.69 Å². The highest BCUT2D eigenvalue weighted by atomic mass is 19.1. The molecule has 1 aliphatic rings. The van der Waals surface area contributed by atoms with Crippen LogP contribution in [0.3, 0.4) is 0 Å². The van der Waals surface area contributed by atoms with Gasteiger partial charge >= 0.3 is 5.69 Å². The Morgan fingerprint density at radius 3 is 3.18 bits per heavy atom. The molecule has 0 bridgehead atoms. The molecule has 92 valence electrons. The van der Waals surface area contributed by atoms with E-state index in [0.717, 1.165) is 25.1 Å². The summed E-state index contributed by atoms with van der Waals surface area (Å²) in [5.74, 6) is -0.920. The van der Waals surface area contributed by atoms with Gasteiger partial charge in [0.15, 0.2) is 0 Å². The van der Waals surface area contributed by atoms with Crippen molar-refractivity contribution in [2.24, 2.45) is 0 Å². The van der Waals surface area contributed by atoms with Gasteiger partial charge in [0, 0.05) is 12.7 Å². The van der Waals surface area contributed by atoms with Gasteiger partial charge in [0.05, 0.1) is 11.0 Å². The van der Waals surface area contributed by atoms with Crippen molar-refractivity contribution in [2.45, 2.75) is 18.9 Å². The van der Waals surface area contributed by atoms with E-state index in [1.807, 2.05) is 0 Å². The first-order valence-corrected chi connectivity index (χ1v) is 5.21. The Morgan fingerprint density at radius 1 is 1.71 bits per heavy atom. The SMILES string of the molecule is O=[N+]([O-])c1cnc(F)cc1OCC1CCCO1. The molecular formula is C10H11FN2O4. The molecule has 0 aromatic carbocycles. The van der Waals surface area contributed by atoms with E-state index in [9.17, 15) is 14.5 Å². The molecule has 17 heavy (non-hydrogen) atoms. The third kappa shape index (κ3) is 2.88. The average molecular weight is 242 g/mol. The Labute approximate surface area is 96.5 Å². The van der Waals surface area contributed by atoms with Gasteiger partial charge in [-0.15, -0.1) is 0 Å². The smallest absolute Gasteiger partial charge is 0.329 e. The van der Waals surface area contributed by atoms with Gasteiger partial charge in [-0.05, 0) is 12.8 Å². The lowest BCUT2D eigenvalue weighted by Crippen LogP contribution is -2.16. The summed E-state index contributed by atoms with van der Waals surface area (Å²) in [5, 5.41) is 10.7. The summed E-state index contributed by atoms with van der Waals surface area (Å²) in [6.45, 7) is 0.852. The summed E-state index contributed by atoms with van der Waals surface area (Å²) in [7, 11) is 0. The summed E-state index contributed by atoms with van der Waals surface area (Å²) < 4.78 is 23.4. The van der Waals surface area contributed by atoms with Crippen LogP contribution in [0.2, 0.25) is 0 Å². The maximum atomic E-state index is 12.9. The van der Waals surface area contributed by atoms with Crippen LogP contribution >= 0.6 is 0 Å². The number of hydrogen-bond acceptors (Lipinski definition) is 5. The molecule has 7 heteroatoms. The van der Waals surface area contributed by atoms with Crippen LogP contribution in [0.4, 0.5) is 10.1 Å². The largest absolute Gasteiger partial charge is 0.484 e. The van der Waals surface area contributed by atoms with Gasteiger partial charge in [-0.2, -0.15) is 4.39 Å². The van der Waals surface area contributed by atoms with Crippen molar-refractivity contribution in [1.29, 1.82) is 0 Å². The lowest BCUT2D eigenvalue weighted by molar-refractivity contribution is -0.386. The van der Waals surface area contributed by atoms with E-state index >= 15 is 0 Å². The minimum absolute atomic E-state index is 0.0779. The highest BCUT2D eigenvalue weighted by Crippen LogP contribution is 2.26. The van der Waals surface area contributed by atoms with Gasteiger partial charge in [-0.1, -0.05) is 0 Å². The van der Waals surface area contributed by atoms with Gasteiger partial charge < -0.3 is 9.47 Å². The molecule has 6 nitrogen and oxygen atoms in total. The Kier molecular flexibility index (Phi) is 3.48. The van der Waals surface area contributed by atoms with Crippen molar-refractivity contribution in [3.05, 3.63) is 28.3 Å². The standard InChI is InChI=1S/C10H11FN2O4/c11-10-4-9(8(5-12-10)13(14)15)17-6-7-2-1-3-16-7/h4-5,7H,1-3,6H2. The molecule has 2 heterocycles. The lowest BCUT2D eigenvalue weighted by Gasteiger charge is -2.11. The van der Waals surface area contributed by atoms with Crippen LogP contribution in [0.1, 0.15) is 12.8 Å². The molecule has 0 radical (unpaired) electrons. The quantitative estimate of drug-likeness (QED) is 0.456. The molecule has 2 rings (SSSR count). The van der Waals surface area contributed by atoms with Gasteiger partial charge in [0.25, 0.3) is 0 Å². The van der Waals surface area contributed by atoms with E-state index in [-0.39, 0.29) is 24.1 Å². The monoisotopic (exact) mass is 242 g/mol. The highest BCUT2D eigenvalue weighted by molar-refractivity contribution is 5.43. The molecule has 1 fully saturated rings. The molecular weight excluding hydrogens is 231 g/mol. The zero-order chi connectivity index (χ0) is 12.3. The zero-order valence-electron chi connectivity index (χ0n) is 8.97. The minimum atomic E-state index is -0.807. The maximum Gasteiger partial charge on any atom is 0.329 e. The van der Waals surface area contributed by atoms with Gasteiger partial charge in [0.2, 0.25) is 11.7 Å². The van der Waals surface area contributed by atoms with E-state index in [2.05, 4.69) is 4.98 Å². The van der Waals surface area contributed by atoms with Crippen LogP contribution in [0.5, 0.6) is 5.75 Å². The number of aromatic nitrogens is 1. The van der Waals surface area contributed by atoms with Crippen LogP contribution < -0.4 is 4.74 Å². The molecule has 1 unspecified atom stereocenters. The number of halogens is 1. The van der Waals surface area contributed by atoms with E-state index < -0.39 is 10.9 Å². The predicted octanol–water partition coefficient (Wildman–Crippen LogP) is 1.69. The second kappa shape index (κ2) is 5.05. The lowest BCUT2D eigenvalue weighted by atomic mass is 10.2. The predicted molar refractivity (Wildman–Crippen MR) is 55.3 cm³/mol.